The van der Waals surface area contributed by atoms with Crippen LogP contribution in [-0.4, -0.2) is 10.9 Å². The van der Waals surface area contributed by atoms with Crippen LogP contribution in [0.2, 0.25) is 0 Å². The van der Waals surface area contributed by atoms with Gasteiger partial charge in [-0.3, -0.25) is 4.79 Å². The summed E-state index contributed by atoms with van der Waals surface area (Å²) in [5, 5.41) is 0.152. The monoisotopic (exact) mass is 282 g/mol. The number of hydrogen-bond donors (Lipinski definition) is 0. The van der Waals surface area contributed by atoms with Gasteiger partial charge >= 0.3 is 0 Å². The van der Waals surface area contributed by atoms with Gasteiger partial charge in [0, 0.05) is 29.1 Å². The van der Waals surface area contributed by atoms with Crippen LogP contribution in [0.3, 0.4) is 0 Å². The molecule has 1 nitrogen and oxygen atoms in total. The summed E-state index contributed by atoms with van der Waals surface area (Å²) in [7, 11) is 0. The molecule has 0 saturated carbocycles. The number of rotatable bonds is 2. The summed E-state index contributed by atoms with van der Waals surface area (Å²) in [6.45, 7) is 1.58. The average Bonchev–Trinajstić information content (AvgIpc) is 2.17. The SMILES string of the molecule is CC(=O)SCCC#Cc1cccc(Br)c1. The van der Waals surface area contributed by atoms with Crippen LogP contribution in [0.5, 0.6) is 0 Å². The minimum atomic E-state index is 0.152. The molecule has 1 aromatic carbocycles. The highest BCUT2D eigenvalue weighted by atomic mass is 79.9. The smallest absolute Gasteiger partial charge is 0.185 e. The Labute approximate surface area is 103 Å². The highest BCUT2D eigenvalue weighted by Gasteiger charge is 1.91. The van der Waals surface area contributed by atoms with E-state index in [0.29, 0.717) is 0 Å². The predicted molar refractivity (Wildman–Crippen MR) is 68.8 cm³/mol. The normalized spacial score (nSPS) is 9.20. The molecule has 1 aromatic rings. The van der Waals surface area contributed by atoms with Crippen LogP contribution in [0, 0.1) is 11.8 Å². The Bertz CT molecular complexity index is 404. The first-order chi connectivity index (χ1) is 7.18. The lowest BCUT2D eigenvalue weighted by Crippen LogP contribution is -1.84. The molecule has 0 saturated heterocycles. The molecule has 3 heteroatoms. The van der Waals surface area contributed by atoms with Crippen molar-refractivity contribution in [3.05, 3.63) is 34.3 Å². The summed E-state index contributed by atoms with van der Waals surface area (Å²) in [6, 6.07) is 7.87. The number of halogens is 1. The van der Waals surface area contributed by atoms with Crippen molar-refractivity contribution in [2.75, 3.05) is 5.75 Å². The third kappa shape index (κ3) is 5.66. The molecule has 0 aromatic heterocycles. The molecule has 0 aliphatic heterocycles. The fourth-order valence-corrected chi connectivity index (χ4v) is 1.87. The van der Waals surface area contributed by atoms with Gasteiger partial charge < -0.3 is 0 Å². The quantitative estimate of drug-likeness (QED) is 0.610. The van der Waals surface area contributed by atoms with E-state index in [9.17, 15) is 4.79 Å². The van der Waals surface area contributed by atoms with Gasteiger partial charge in [0.25, 0.3) is 0 Å². The number of benzene rings is 1. The van der Waals surface area contributed by atoms with Crippen LogP contribution in [0.25, 0.3) is 0 Å². The minimum absolute atomic E-state index is 0.152. The molecule has 0 spiro atoms. The topological polar surface area (TPSA) is 17.1 Å². The number of carbonyl (C=O) groups excluding carboxylic acids is 1. The number of hydrogen-bond acceptors (Lipinski definition) is 2. The van der Waals surface area contributed by atoms with Crippen LogP contribution in [0.1, 0.15) is 18.9 Å². The molecular weight excluding hydrogens is 272 g/mol. The van der Waals surface area contributed by atoms with Crippen molar-refractivity contribution in [1.29, 1.82) is 0 Å². The molecule has 78 valence electrons. The maximum atomic E-state index is 10.6. The molecule has 0 aliphatic rings. The fraction of sp³-hybridized carbons (Fsp3) is 0.250. The molecule has 0 amide bonds. The second-order valence-corrected chi connectivity index (χ2v) is 5.09. The van der Waals surface area contributed by atoms with Crippen molar-refractivity contribution < 1.29 is 4.79 Å². The average molecular weight is 283 g/mol. The van der Waals surface area contributed by atoms with E-state index in [1.54, 1.807) is 6.92 Å². The van der Waals surface area contributed by atoms with Gasteiger partial charge in [-0.2, -0.15) is 0 Å². The Morgan fingerprint density at radius 2 is 2.33 bits per heavy atom. The van der Waals surface area contributed by atoms with Gasteiger partial charge in [0.05, 0.1) is 0 Å². The standard InChI is InChI=1S/C12H11BrOS/c1-10(14)15-8-3-2-5-11-6-4-7-12(13)9-11/h4,6-7,9H,3,8H2,1H3. The van der Waals surface area contributed by atoms with Crippen LogP contribution in [0.15, 0.2) is 28.7 Å². The molecule has 1 rings (SSSR count). The van der Waals surface area contributed by atoms with E-state index in [4.69, 9.17) is 0 Å². The van der Waals surface area contributed by atoms with Crippen molar-refractivity contribution in [1.82, 2.24) is 0 Å². The molecule has 0 radical (unpaired) electrons. The van der Waals surface area contributed by atoms with Crippen molar-refractivity contribution >= 4 is 32.8 Å². The first-order valence-corrected chi connectivity index (χ1v) is 6.34. The maximum Gasteiger partial charge on any atom is 0.185 e. The molecule has 0 N–H and O–H groups in total. The Morgan fingerprint density at radius 1 is 1.53 bits per heavy atom. The molecule has 0 fully saturated rings. The largest absolute Gasteiger partial charge is 0.288 e. The third-order valence-electron chi connectivity index (χ3n) is 1.59. The zero-order valence-corrected chi connectivity index (χ0v) is 10.8. The Balaban J connectivity index is 2.41. The van der Waals surface area contributed by atoms with Gasteiger partial charge in [0.2, 0.25) is 0 Å². The van der Waals surface area contributed by atoms with Crippen molar-refractivity contribution in [3.63, 3.8) is 0 Å². The predicted octanol–water partition coefficient (Wildman–Crippen LogP) is 3.47. The summed E-state index contributed by atoms with van der Waals surface area (Å²) in [6.07, 6.45) is 0.747. The first kappa shape index (κ1) is 12.4. The van der Waals surface area contributed by atoms with Crippen LogP contribution in [-0.2, 0) is 4.79 Å². The van der Waals surface area contributed by atoms with Crippen molar-refractivity contribution in [3.8, 4) is 11.8 Å². The summed E-state index contributed by atoms with van der Waals surface area (Å²) >= 11 is 4.71. The second kappa shape index (κ2) is 6.71. The van der Waals surface area contributed by atoms with Gasteiger partial charge in [-0.05, 0) is 18.2 Å². The number of carbonyl (C=O) groups is 1. The maximum absolute atomic E-state index is 10.6. The van der Waals surface area contributed by atoms with E-state index in [1.807, 2.05) is 24.3 Å². The minimum Gasteiger partial charge on any atom is -0.288 e. The van der Waals surface area contributed by atoms with Gasteiger partial charge in [0.15, 0.2) is 5.12 Å². The molecule has 0 atom stereocenters. The third-order valence-corrected chi connectivity index (χ3v) is 2.90. The number of thioether (sulfide) groups is 1. The van der Waals surface area contributed by atoms with Crippen LogP contribution in [0.4, 0.5) is 0 Å². The van der Waals surface area contributed by atoms with Crippen molar-refractivity contribution in [2.24, 2.45) is 0 Å². The van der Waals surface area contributed by atoms with E-state index in [0.717, 1.165) is 22.2 Å². The fourth-order valence-electron chi connectivity index (χ4n) is 0.977. The Kier molecular flexibility index (Phi) is 5.52. The molecule has 0 bridgehead atoms. The first-order valence-electron chi connectivity index (χ1n) is 4.56. The lowest BCUT2D eigenvalue weighted by Gasteiger charge is -1.91. The van der Waals surface area contributed by atoms with E-state index >= 15 is 0 Å². The molecular formula is C12H11BrOS. The summed E-state index contributed by atoms with van der Waals surface area (Å²) in [5.74, 6) is 6.87. The van der Waals surface area contributed by atoms with Gasteiger partial charge in [-0.25, -0.2) is 0 Å². The van der Waals surface area contributed by atoms with Gasteiger partial charge in [0.1, 0.15) is 0 Å². The van der Waals surface area contributed by atoms with Gasteiger partial charge in [-0.1, -0.05) is 45.6 Å². The molecule has 0 heterocycles. The lowest BCUT2D eigenvalue weighted by atomic mass is 10.2. The second-order valence-electron chi connectivity index (χ2n) is 2.90. The highest BCUT2D eigenvalue weighted by molar-refractivity contribution is 9.10. The van der Waals surface area contributed by atoms with Crippen LogP contribution < -0.4 is 0 Å². The molecule has 0 aliphatic carbocycles. The molecule has 0 unspecified atom stereocenters. The highest BCUT2D eigenvalue weighted by Crippen LogP contribution is 2.10. The van der Waals surface area contributed by atoms with E-state index < -0.39 is 0 Å². The van der Waals surface area contributed by atoms with Gasteiger partial charge in [-0.15, -0.1) is 0 Å². The van der Waals surface area contributed by atoms with E-state index in [-0.39, 0.29) is 5.12 Å². The van der Waals surface area contributed by atoms with Crippen LogP contribution >= 0.6 is 27.7 Å². The zero-order chi connectivity index (χ0) is 11.1. The van der Waals surface area contributed by atoms with Crippen molar-refractivity contribution in [2.45, 2.75) is 13.3 Å². The van der Waals surface area contributed by atoms with E-state index in [1.165, 1.54) is 11.8 Å². The van der Waals surface area contributed by atoms with E-state index in [2.05, 4.69) is 27.8 Å². The zero-order valence-electron chi connectivity index (χ0n) is 8.42. The molecule has 15 heavy (non-hydrogen) atoms. The summed E-state index contributed by atoms with van der Waals surface area (Å²) < 4.78 is 1.03. The summed E-state index contributed by atoms with van der Waals surface area (Å²) in [5.41, 5.74) is 0.997. The summed E-state index contributed by atoms with van der Waals surface area (Å²) in [4.78, 5) is 10.6. The Morgan fingerprint density at radius 3 is 3.00 bits per heavy atom. The Hall–Kier alpha value is -0.720. The lowest BCUT2D eigenvalue weighted by molar-refractivity contribution is -0.109.